The maximum Gasteiger partial charge on any atom is 0.0546 e. The van der Waals surface area contributed by atoms with Gasteiger partial charge in [0, 0.05) is 19.6 Å². The van der Waals surface area contributed by atoms with Crippen LogP contribution in [0.25, 0.3) is 6.08 Å². The number of benzene rings is 1. The zero-order valence-corrected chi connectivity index (χ0v) is 12.0. The molecule has 0 heterocycles. The third kappa shape index (κ3) is 5.41. The average Bonchev–Trinajstić information content (AvgIpc) is 2.41. The number of rotatable bonds is 9. The number of hydrogen-bond donors (Lipinski definition) is 0. The third-order valence-corrected chi connectivity index (χ3v) is 3.14. The molecule has 2 nitrogen and oxygen atoms in total. The van der Waals surface area contributed by atoms with E-state index in [-0.39, 0.29) is 5.41 Å². The van der Waals surface area contributed by atoms with Crippen molar-refractivity contribution in [3.05, 3.63) is 54.6 Å². The van der Waals surface area contributed by atoms with Crippen LogP contribution in [0.5, 0.6) is 0 Å². The van der Waals surface area contributed by atoms with Crippen LogP contribution in [0.4, 0.5) is 0 Å². The van der Waals surface area contributed by atoms with Crippen molar-refractivity contribution < 1.29 is 9.47 Å². The molecule has 0 amide bonds. The van der Waals surface area contributed by atoms with Crippen LogP contribution in [0, 0.1) is 5.41 Å². The second-order valence-electron chi connectivity index (χ2n) is 4.88. The van der Waals surface area contributed by atoms with Gasteiger partial charge in [0.15, 0.2) is 0 Å². The Balaban J connectivity index is 2.70. The molecule has 0 aliphatic heterocycles. The van der Waals surface area contributed by atoms with Gasteiger partial charge in [0.2, 0.25) is 0 Å². The lowest BCUT2D eigenvalue weighted by Gasteiger charge is -2.30. The maximum absolute atomic E-state index is 5.35. The van der Waals surface area contributed by atoms with Crippen molar-refractivity contribution in [3.8, 4) is 0 Å². The largest absolute Gasteiger partial charge is 0.384 e. The maximum atomic E-state index is 5.35. The van der Waals surface area contributed by atoms with Crippen molar-refractivity contribution in [1.82, 2.24) is 0 Å². The molecule has 0 aliphatic rings. The summed E-state index contributed by atoms with van der Waals surface area (Å²) < 4.78 is 10.7. The first-order chi connectivity index (χ1) is 9.26. The topological polar surface area (TPSA) is 18.5 Å². The van der Waals surface area contributed by atoms with Crippen LogP contribution >= 0.6 is 0 Å². The summed E-state index contributed by atoms with van der Waals surface area (Å²) in [5.41, 5.74) is 1.20. The summed E-state index contributed by atoms with van der Waals surface area (Å²) in [6.45, 7) is 5.19. The molecule has 104 valence electrons. The van der Waals surface area contributed by atoms with Crippen LogP contribution in [0.2, 0.25) is 0 Å². The predicted molar refractivity (Wildman–Crippen MR) is 81.1 cm³/mol. The smallest absolute Gasteiger partial charge is 0.0546 e. The molecule has 0 bridgehead atoms. The fourth-order valence-corrected chi connectivity index (χ4v) is 2.29. The Morgan fingerprint density at radius 1 is 1.05 bits per heavy atom. The number of ether oxygens (including phenoxy) is 2. The first-order valence-electron chi connectivity index (χ1n) is 6.57. The highest BCUT2D eigenvalue weighted by molar-refractivity contribution is 5.48. The highest BCUT2D eigenvalue weighted by Crippen LogP contribution is 2.29. The number of hydrogen-bond acceptors (Lipinski definition) is 2. The molecule has 0 fully saturated rings. The summed E-state index contributed by atoms with van der Waals surface area (Å²) in [6, 6.07) is 10.3. The van der Waals surface area contributed by atoms with Crippen molar-refractivity contribution in [3.63, 3.8) is 0 Å². The van der Waals surface area contributed by atoms with Gasteiger partial charge in [-0.05, 0) is 18.4 Å². The Kier molecular flexibility index (Phi) is 7.16. The van der Waals surface area contributed by atoms with Crippen molar-refractivity contribution >= 4 is 6.08 Å². The van der Waals surface area contributed by atoms with Gasteiger partial charge < -0.3 is 9.47 Å². The summed E-state index contributed by atoms with van der Waals surface area (Å²) in [4.78, 5) is 0. The van der Waals surface area contributed by atoms with E-state index in [2.05, 4.69) is 30.9 Å². The summed E-state index contributed by atoms with van der Waals surface area (Å²) >= 11 is 0. The van der Waals surface area contributed by atoms with E-state index in [0.717, 1.165) is 12.8 Å². The first kappa shape index (κ1) is 15.7. The molecule has 0 unspecified atom stereocenters. The number of methoxy groups -OCH3 is 2. The normalized spacial score (nSPS) is 11.9. The van der Waals surface area contributed by atoms with E-state index in [1.165, 1.54) is 5.56 Å². The summed E-state index contributed by atoms with van der Waals surface area (Å²) in [6.07, 6.45) is 8.07. The van der Waals surface area contributed by atoms with Crippen molar-refractivity contribution in [2.45, 2.75) is 12.8 Å². The van der Waals surface area contributed by atoms with E-state index in [9.17, 15) is 0 Å². The first-order valence-corrected chi connectivity index (χ1v) is 6.57. The van der Waals surface area contributed by atoms with Gasteiger partial charge in [0.05, 0.1) is 13.2 Å². The summed E-state index contributed by atoms with van der Waals surface area (Å²) in [5, 5.41) is 0. The minimum atomic E-state index is -0.0173. The second kappa shape index (κ2) is 8.68. The molecule has 0 aromatic heterocycles. The lowest BCUT2D eigenvalue weighted by atomic mass is 9.82. The van der Waals surface area contributed by atoms with Gasteiger partial charge in [-0.25, -0.2) is 0 Å². The molecule has 1 aromatic rings. The molecule has 0 saturated heterocycles. The summed E-state index contributed by atoms with van der Waals surface area (Å²) in [5.74, 6) is 0. The van der Waals surface area contributed by atoms with Crippen molar-refractivity contribution in [2.75, 3.05) is 27.4 Å². The molecule has 2 heteroatoms. The SMILES string of the molecule is C=CCC(C/C=C/c1ccccc1)(COC)COC. The Morgan fingerprint density at radius 2 is 1.68 bits per heavy atom. The van der Waals surface area contributed by atoms with Crippen LogP contribution in [-0.4, -0.2) is 27.4 Å². The lowest BCUT2D eigenvalue weighted by molar-refractivity contribution is 0.0138. The van der Waals surface area contributed by atoms with Gasteiger partial charge in [0.25, 0.3) is 0 Å². The Bertz CT molecular complexity index is 376. The quantitative estimate of drug-likeness (QED) is 0.626. The Hall–Kier alpha value is -1.38. The van der Waals surface area contributed by atoms with Crippen LogP contribution in [0.1, 0.15) is 18.4 Å². The van der Waals surface area contributed by atoms with E-state index < -0.39 is 0 Å². The molecular weight excluding hydrogens is 236 g/mol. The van der Waals surface area contributed by atoms with Crippen LogP contribution in [0.3, 0.4) is 0 Å². The van der Waals surface area contributed by atoms with E-state index in [1.54, 1.807) is 14.2 Å². The number of allylic oxidation sites excluding steroid dienone is 2. The molecule has 0 spiro atoms. The molecule has 0 saturated carbocycles. The van der Waals surface area contributed by atoms with Gasteiger partial charge in [-0.2, -0.15) is 0 Å². The standard InChI is InChI=1S/C17H24O2/c1-4-12-17(14-18-2,15-19-3)13-8-11-16-9-6-5-7-10-16/h4-11H,1,12-15H2,2-3H3/b11-8+. The van der Waals surface area contributed by atoms with Crippen LogP contribution in [-0.2, 0) is 9.47 Å². The van der Waals surface area contributed by atoms with E-state index >= 15 is 0 Å². The zero-order chi connectivity index (χ0) is 14.0. The zero-order valence-electron chi connectivity index (χ0n) is 12.0. The van der Waals surface area contributed by atoms with Gasteiger partial charge >= 0.3 is 0 Å². The van der Waals surface area contributed by atoms with E-state index in [4.69, 9.17) is 9.47 Å². The van der Waals surface area contributed by atoms with Crippen molar-refractivity contribution in [1.29, 1.82) is 0 Å². The Labute approximate surface area is 116 Å². The van der Waals surface area contributed by atoms with Gasteiger partial charge in [-0.1, -0.05) is 48.6 Å². The minimum absolute atomic E-state index is 0.0173. The van der Waals surface area contributed by atoms with Gasteiger partial charge in [0.1, 0.15) is 0 Å². The second-order valence-corrected chi connectivity index (χ2v) is 4.88. The van der Waals surface area contributed by atoms with Crippen molar-refractivity contribution in [2.24, 2.45) is 5.41 Å². The fourth-order valence-electron chi connectivity index (χ4n) is 2.29. The molecule has 0 radical (unpaired) electrons. The molecule has 0 atom stereocenters. The van der Waals surface area contributed by atoms with Crippen LogP contribution < -0.4 is 0 Å². The highest BCUT2D eigenvalue weighted by Gasteiger charge is 2.27. The van der Waals surface area contributed by atoms with Gasteiger partial charge in [-0.15, -0.1) is 6.58 Å². The van der Waals surface area contributed by atoms with E-state index in [1.807, 2.05) is 24.3 Å². The summed E-state index contributed by atoms with van der Waals surface area (Å²) in [7, 11) is 3.46. The molecule has 0 N–H and O–H groups in total. The third-order valence-electron chi connectivity index (χ3n) is 3.14. The Morgan fingerprint density at radius 3 is 2.21 bits per heavy atom. The minimum Gasteiger partial charge on any atom is -0.384 e. The van der Waals surface area contributed by atoms with Crippen LogP contribution in [0.15, 0.2) is 49.1 Å². The monoisotopic (exact) mass is 260 g/mol. The molecule has 1 rings (SSSR count). The predicted octanol–water partition coefficient (Wildman–Crippen LogP) is 3.95. The fraction of sp³-hybridized carbons (Fsp3) is 0.412. The molecule has 19 heavy (non-hydrogen) atoms. The van der Waals surface area contributed by atoms with Gasteiger partial charge in [-0.3, -0.25) is 0 Å². The lowest BCUT2D eigenvalue weighted by Crippen LogP contribution is -2.30. The molecule has 0 aliphatic carbocycles. The highest BCUT2D eigenvalue weighted by atomic mass is 16.5. The average molecular weight is 260 g/mol. The van der Waals surface area contributed by atoms with E-state index in [0.29, 0.717) is 13.2 Å². The molecular formula is C17H24O2. The molecule has 1 aromatic carbocycles.